The number of nitrogens with zero attached hydrogens (tertiary/aromatic N) is 2. The maximum atomic E-state index is 12.2. The van der Waals surface area contributed by atoms with E-state index in [1.54, 1.807) is 23.5 Å². The van der Waals surface area contributed by atoms with Crippen molar-refractivity contribution in [3.8, 4) is 10.6 Å². The molecule has 2 amide bonds. The highest BCUT2D eigenvalue weighted by molar-refractivity contribution is 7.21. The molecule has 0 fully saturated rings. The van der Waals surface area contributed by atoms with Gasteiger partial charge in [-0.2, -0.15) is 0 Å². The number of nitro groups is 1. The van der Waals surface area contributed by atoms with Crippen molar-refractivity contribution in [3.63, 3.8) is 0 Å². The Labute approximate surface area is 180 Å². The summed E-state index contributed by atoms with van der Waals surface area (Å²) in [4.78, 5) is 39.2. The van der Waals surface area contributed by atoms with Crippen molar-refractivity contribution in [1.82, 2.24) is 4.98 Å². The molecular formula is C22H16N4O4S. The Morgan fingerprint density at radius 2 is 1.65 bits per heavy atom. The summed E-state index contributed by atoms with van der Waals surface area (Å²) in [6.07, 6.45) is 0. The number of carbonyl (C=O) groups is 2. The summed E-state index contributed by atoms with van der Waals surface area (Å²) in [5.74, 6) is -1.80. The van der Waals surface area contributed by atoms with E-state index in [4.69, 9.17) is 0 Å². The van der Waals surface area contributed by atoms with E-state index >= 15 is 0 Å². The first kappa shape index (κ1) is 20.2. The number of hydrogen-bond acceptors (Lipinski definition) is 6. The van der Waals surface area contributed by atoms with Crippen molar-refractivity contribution in [3.05, 3.63) is 82.4 Å². The standard InChI is InChI=1S/C22H16N4O4S/c1-13-5-10-18-19(11-13)31-22(25-18)14-6-8-15(9-7-14)23-20(27)21(28)24-16-3-2-4-17(12-16)26(29)30/h2-12H,1H3,(H,23,27)(H,24,28). The van der Waals surface area contributed by atoms with Crippen LogP contribution in [0.1, 0.15) is 5.56 Å². The Morgan fingerprint density at radius 1 is 0.935 bits per heavy atom. The lowest BCUT2D eigenvalue weighted by Crippen LogP contribution is -2.29. The molecule has 0 aliphatic carbocycles. The van der Waals surface area contributed by atoms with Crippen LogP contribution in [0.25, 0.3) is 20.8 Å². The lowest BCUT2D eigenvalue weighted by atomic mass is 10.2. The third-order valence-corrected chi connectivity index (χ3v) is 5.52. The van der Waals surface area contributed by atoms with Gasteiger partial charge in [0, 0.05) is 29.1 Å². The van der Waals surface area contributed by atoms with Crippen LogP contribution in [-0.2, 0) is 9.59 Å². The molecule has 4 aromatic rings. The van der Waals surface area contributed by atoms with Gasteiger partial charge in [0.05, 0.1) is 15.1 Å². The number of amides is 2. The van der Waals surface area contributed by atoms with Crippen molar-refractivity contribution in [2.45, 2.75) is 6.92 Å². The number of nitro benzene ring substituents is 1. The van der Waals surface area contributed by atoms with E-state index in [1.165, 1.54) is 29.8 Å². The summed E-state index contributed by atoms with van der Waals surface area (Å²) in [7, 11) is 0. The predicted octanol–water partition coefficient (Wildman–Crippen LogP) is 4.76. The van der Waals surface area contributed by atoms with Gasteiger partial charge in [-0.25, -0.2) is 4.98 Å². The number of anilines is 2. The number of hydrogen-bond donors (Lipinski definition) is 2. The van der Waals surface area contributed by atoms with Gasteiger partial charge in [0.2, 0.25) is 0 Å². The van der Waals surface area contributed by atoms with Gasteiger partial charge in [0.25, 0.3) is 5.69 Å². The minimum absolute atomic E-state index is 0.163. The molecule has 0 unspecified atom stereocenters. The van der Waals surface area contributed by atoms with Gasteiger partial charge in [-0.15, -0.1) is 11.3 Å². The van der Waals surface area contributed by atoms with E-state index in [1.807, 2.05) is 31.2 Å². The maximum absolute atomic E-state index is 12.2. The zero-order valence-electron chi connectivity index (χ0n) is 16.3. The lowest BCUT2D eigenvalue weighted by Gasteiger charge is -2.07. The minimum Gasteiger partial charge on any atom is -0.318 e. The Balaban J connectivity index is 1.43. The van der Waals surface area contributed by atoms with Crippen molar-refractivity contribution >= 4 is 50.4 Å². The number of benzene rings is 3. The zero-order valence-corrected chi connectivity index (χ0v) is 17.1. The second kappa shape index (κ2) is 8.33. The smallest absolute Gasteiger partial charge is 0.314 e. The van der Waals surface area contributed by atoms with Crippen LogP contribution in [0.4, 0.5) is 17.1 Å². The van der Waals surface area contributed by atoms with Crippen LogP contribution in [0.3, 0.4) is 0 Å². The Morgan fingerprint density at radius 3 is 2.35 bits per heavy atom. The van der Waals surface area contributed by atoms with Gasteiger partial charge in [-0.3, -0.25) is 19.7 Å². The van der Waals surface area contributed by atoms with Gasteiger partial charge in [-0.05, 0) is 55.0 Å². The zero-order chi connectivity index (χ0) is 22.0. The fourth-order valence-corrected chi connectivity index (χ4v) is 3.99. The predicted molar refractivity (Wildman–Crippen MR) is 120 cm³/mol. The number of carbonyl (C=O) groups excluding carboxylic acids is 2. The molecule has 3 aromatic carbocycles. The molecule has 4 rings (SSSR count). The monoisotopic (exact) mass is 432 g/mol. The van der Waals surface area contributed by atoms with Crippen LogP contribution in [0.5, 0.6) is 0 Å². The number of aryl methyl sites for hydroxylation is 1. The lowest BCUT2D eigenvalue weighted by molar-refractivity contribution is -0.384. The van der Waals surface area contributed by atoms with Gasteiger partial charge in [0.1, 0.15) is 5.01 Å². The van der Waals surface area contributed by atoms with E-state index in [-0.39, 0.29) is 11.4 Å². The molecule has 0 atom stereocenters. The average molecular weight is 432 g/mol. The first-order valence-corrected chi connectivity index (χ1v) is 10.0. The normalized spacial score (nSPS) is 10.6. The highest BCUT2D eigenvalue weighted by Crippen LogP contribution is 2.31. The fraction of sp³-hybridized carbons (Fsp3) is 0.0455. The molecule has 0 saturated carbocycles. The van der Waals surface area contributed by atoms with Crippen molar-refractivity contribution < 1.29 is 14.5 Å². The minimum atomic E-state index is -0.925. The summed E-state index contributed by atoms with van der Waals surface area (Å²) in [6, 6.07) is 18.5. The second-order valence-electron chi connectivity index (χ2n) is 6.78. The van der Waals surface area contributed by atoms with Crippen LogP contribution in [0, 0.1) is 17.0 Å². The average Bonchev–Trinajstić information content (AvgIpc) is 3.17. The third-order valence-electron chi connectivity index (χ3n) is 4.45. The molecule has 2 N–H and O–H groups in total. The van der Waals surface area contributed by atoms with Crippen LogP contribution >= 0.6 is 11.3 Å². The Kier molecular flexibility index (Phi) is 5.42. The summed E-state index contributed by atoms with van der Waals surface area (Å²) in [5.41, 5.74) is 3.43. The summed E-state index contributed by atoms with van der Waals surface area (Å²) < 4.78 is 1.10. The first-order chi connectivity index (χ1) is 14.9. The van der Waals surface area contributed by atoms with Gasteiger partial charge in [-0.1, -0.05) is 12.1 Å². The molecule has 1 heterocycles. The molecule has 31 heavy (non-hydrogen) atoms. The molecule has 0 aliphatic rings. The van der Waals surface area contributed by atoms with E-state index in [0.717, 1.165) is 20.8 Å². The van der Waals surface area contributed by atoms with E-state index in [0.29, 0.717) is 5.69 Å². The Bertz CT molecular complexity index is 1310. The fourth-order valence-electron chi connectivity index (χ4n) is 2.92. The molecular weight excluding hydrogens is 416 g/mol. The highest BCUT2D eigenvalue weighted by atomic mass is 32.1. The quantitative estimate of drug-likeness (QED) is 0.274. The molecule has 0 spiro atoms. The van der Waals surface area contributed by atoms with Crippen LogP contribution in [0.2, 0.25) is 0 Å². The van der Waals surface area contributed by atoms with Crippen LogP contribution in [0.15, 0.2) is 66.7 Å². The summed E-state index contributed by atoms with van der Waals surface area (Å²) in [6.45, 7) is 2.03. The van der Waals surface area contributed by atoms with Gasteiger partial charge >= 0.3 is 11.8 Å². The highest BCUT2D eigenvalue weighted by Gasteiger charge is 2.16. The molecule has 8 nitrogen and oxygen atoms in total. The van der Waals surface area contributed by atoms with Crippen molar-refractivity contribution in [2.24, 2.45) is 0 Å². The van der Waals surface area contributed by atoms with Gasteiger partial charge < -0.3 is 10.6 Å². The third kappa shape index (κ3) is 4.57. The largest absolute Gasteiger partial charge is 0.318 e. The number of rotatable bonds is 4. The SMILES string of the molecule is Cc1ccc2nc(-c3ccc(NC(=O)C(=O)Nc4cccc([N+](=O)[O-])c4)cc3)sc2c1. The molecule has 0 saturated heterocycles. The van der Waals surface area contributed by atoms with Crippen LogP contribution in [-0.4, -0.2) is 21.7 Å². The second-order valence-corrected chi connectivity index (χ2v) is 7.81. The topological polar surface area (TPSA) is 114 Å². The van der Waals surface area contributed by atoms with Gasteiger partial charge in [0.15, 0.2) is 0 Å². The number of fused-ring (bicyclic) bond motifs is 1. The van der Waals surface area contributed by atoms with E-state index in [2.05, 4.69) is 21.7 Å². The van der Waals surface area contributed by atoms with Crippen molar-refractivity contribution in [2.75, 3.05) is 10.6 Å². The molecule has 1 aromatic heterocycles. The first-order valence-electron chi connectivity index (χ1n) is 9.23. The number of nitrogens with one attached hydrogen (secondary N) is 2. The van der Waals surface area contributed by atoms with Crippen LogP contribution < -0.4 is 10.6 Å². The number of aromatic nitrogens is 1. The molecule has 0 aliphatic heterocycles. The molecule has 0 bridgehead atoms. The van der Waals surface area contributed by atoms with E-state index in [9.17, 15) is 19.7 Å². The molecule has 154 valence electrons. The number of thiazole rings is 1. The summed E-state index contributed by atoms with van der Waals surface area (Å²) in [5, 5.41) is 16.5. The molecule has 9 heteroatoms. The molecule has 0 radical (unpaired) electrons. The summed E-state index contributed by atoms with van der Waals surface area (Å²) >= 11 is 1.58. The number of non-ortho nitro benzene ring substituents is 1. The maximum Gasteiger partial charge on any atom is 0.314 e. The Hall–Kier alpha value is -4.11. The van der Waals surface area contributed by atoms with Crippen molar-refractivity contribution in [1.29, 1.82) is 0 Å². The van der Waals surface area contributed by atoms with E-state index < -0.39 is 16.7 Å².